The van der Waals surface area contributed by atoms with Crippen LogP contribution in [-0.4, -0.2) is 17.6 Å². The summed E-state index contributed by atoms with van der Waals surface area (Å²) in [5, 5.41) is 12.2. The van der Waals surface area contributed by atoms with E-state index in [0.717, 1.165) is 18.2 Å². The van der Waals surface area contributed by atoms with Crippen LogP contribution in [0.5, 0.6) is 0 Å². The van der Waals surface area contributed by atoms with Crippen LogP contribution in [0.2, 0.25) is 0 Å². The molecule has 80 valence electrons. The second-order valence-corrected chi connectivity index (χ2v) is 4.20. The minimum Gasteiger partial charge on any atom is -0.478 e. The molecule has 3 heteroatoms. The zero-order valence-corrected chi connectivity index (χ0v) is 8.73. The Morgan fingerprint density at radius 2 is 2.20 bits per heavy atom. The maximum atomic E-state index is 10.9. The lowest BCUT2D eigenvalue weighted by Gasteiger charge is -2.08. The highest BCUT2D eigenvalue weighted by molar-refractivity contribution is 5.94. The molecule has 0 heterocycles. The quantitative estimate of drug-likeness (QED) is 0.793. The van der Waals surface area contributed by atoms with Gasteiger partial charge in [0.2, 0.25) is 0 Å². The number of rotatable bonds is 4. The molecular formula is C12H15NO2. The molecule has 0 aromatic heterocycles. The summed E-state index contributed by atoms with van der Waals surface area (Å²) in [6, 6.07) is 7.04. The van der Waals surface area contributed by atoms with Gasteiger partial charge in [-0.1, -0.05) is 19.1 Å². The van der Waals surface area contributed by atoms with Crippen molar-refractivity contribution in [1.29, 1.82) is 0 Å². The highest BCUT2D eigenvalue weighted by atomic mass is 16.4. The standard InChI is InChI=1S/C12H15NO2/c1-8-6-9(8)7-13-11-5-3-2-4-10(11)12(14)15/h2-5,8-9,13H,6-7H2,1H3,(H,14,15). The fourth-order valence-electron chi connectivity index (χ4n) is 1.75. The van der Waals surface area contributed by atoms with Gasteiger partial charge < -0.3 is 10.4 Å². The van der Waals surface area contributed by atoms with Gasteiger partial charge in [0.05, 0.1) is 5.56 Å². The number of nitrogens with one attached hydrogen (secondary N) is 1. The minimum atomic E-state index is -0.873. The number of hydrogen-bond donors (Lipinski definition) is 2. The topological polar surface area (TPSA) is 49.3 Å². The lowest BCUT2D eigenvalue weighted by Crippen LogP contribution is -2.09. The molecule has 2 atom stereocenters. The molecule has 2 N–H and O–H groups in total. The Morgan fingerprint density at radius 1 is 1.53 bits per heavy atom. The predicted octanol–water partition coefficient (Wildman–Crippen LogP) is 2.45. The molecule has 1 saturated carbocycles. The van der Waals surface area contributed by atoms with E-state index in [1.807, 2.05) is 12.1 Å². The van der Waals surface area contributed by atoms with Crippen molar-refractivity contribution >= 4 is 11.7 Å². The molecule has 1 aliphatic carbocycles. The lowest BCUT2D eigenvalue weighted by atomic mass is 10.1. The normalized spacial score (nSPS) is 23.5. The van der Waals surface area contributed by atoms with E-state index in [4.69, 9.17) is 5.11 Å². The first-order chi connectivity index (χ1) is 7.18. The van der Waals surface area contributed by atoms with Crippen molar-refractivity contribution < 1.29 is 9.90 Å². The van der Waals surface area contributed by atoms with Gasteiger partial charge >= 0.3 is 5.97 Å². The van der Waals surface area contributed by atoms with Gasteiger partial charge in [0, 0.05) is 12.2 Å². The summed E-state index contributed by atoms with van der Waals surface area (Å²) in [5.74, 6) is 0.628. The van der Waals surface area contributed by atoms with Gasteiger partial charge in [-0.25, -0.2) is 4.79 Å². The number of anilines is 1. The minimum absolute atomic E-state index is 0.353. The summed E-state index contributed by atoms with van der Waals surface area (Å²) in [4.78, 5) is 10.9. The Morgan fingerprint density at radius 3 is 2.80 bits per heavy atom. The van der Waals surface area contributed by atoms with Crippen LogP contribution in [0, 0.1) is 11.8 Å². The Bertz CT molecular complexity index is 376. The second-order valence-electron chi connectivity index (χ2n) is 4.20. The monoisotopic (exact) mass is 205 g/mol. The summed E-state index contributed by atoms with van der Waals surface area (Å²) in [6.07, 6.45) is 1.25. The molecule has 1 aromatic carbocycles. The predicted molar refractivity (Wildman–Crippen MR) is 59.2 cm³/mol. The molecule has 2 rings (SSSR count). The van der Waals surface area contributed by atoms with E-state index in [2.05, 4.69) is 12.2 Å². The third kappa shape index (κ3) is 2.29. The first kappa shape index (κ1) is 10.0. The van der Waals surface area contributed by atoms with Crippen LogP contribution < -0.4 is 5.32 Å². The van der Waals surface area contributed by atoms with Gasteiger partial charge in [-0.15, -0.1) is 0 Å². The fourth-order valence-corrected chi connectivity index (χ4v) is 1.75. The van der Waals surface area contributed by atoms with Crippen LogP contribution >= 0.6 is 0 Å². The number of carbonyl (C=O) groups is 1. The number of hydrogen-bond acceptors (Lipinski definition) is 2. The molecule has 3 nitrogen and oxygen atoms in total. The van der Waals surface area contributed by atoms with Crippen molar-refractivity contribution in [1.82, 2.24) is 0 Å². The molecule has 1 aliphatic rings. The summed E-state index contributed by atoms with van der Waals surface area (Å²) in [5.41, 5.74) is 1.08. The van der Waals surface area contributed by atoms with E-state index in [-0.39, 0.29) is 0 Å². The second kappa shape index (κ2) is 3.93. The van der Waals surface area contributed by atoms with E-state index in [9.17, 15) is 4.79 Å². The molecule has 15 heavy (non-hydrogen) atoms. The lowest BCUT2D eigenvalue weighted by molar-refractivity contribution is 0.0698. The zero-order chi connectivity index (χ0) is 10.8. The van der Waals surface area contributed by atoms with E-state index < -0.39 is 5.97 Å². The van der Waals surface area contributed by atoms with Crippen LogP contribution in [0.15, 0.2) is 24.3 Å². The van der Waals surface area contributed by atoms with Crippen molar-refractivity contribution in [2.45, 2.75) is 13.3 Å². The molecule has 0 spiro atoms. The van der Waals surface area contributed by atoms with Gasteiger partial charge in [-0.05, 0) is 30.4 Å². The fraction of sp³-hybridized carbons (Fsp3) is 0.417. The average Bonchev–Trinajstić information content (AvgIpc) is 2.92. The van der Waals surface area contributed by atoms with Crippen LogP contribution in [0.1, 0.15) is 23.7 Å². The Balaban J connectivity index is 2.03. The molecule has 2 unspecified atom stereocenters. The van der Waals surface area contributed by atoms with Crippen molar-refractivity contribution in [2.75, 3.05) is 11.9 Å². The largest absolute Gasteiger partial charge is 0.478 e. The molecule has 0 bridgehead atoms. The Labute approximate surface area is 89.1 Å². The van der Waals surface area contributed by atoms with Crippen molar-refractivity contribution in [2.24, 2.45) is 11.8 Å². The summed E-state index contributed by atoms with van der Waals surface area (Å²) in [6.45, 7) is 3.10. The average molecular weight is 205 g/mol. The van der Waals surface area contributed by atoms with Gasteiger partial charge in [0.1, 0.15) is 0 Å². The smallest absolute Gasteiger partial charge is 0.337 e. The highest BCUT2D eigenvalue weighted by Gasteiger charge is 2.32. The van der Waals surface area contributed by atoms with Crippen LogP contribution in [-0.2, 0) is 0 Å². The summed E-state index contributed by atoms with van der Waals surface area (Å²) in [7, 11) is 0. The van der Waals surface area contributed by atoms with Crippen LogP contribution in [0.25, 0.3) is 0 Å². The third-order valence-corrected chi connectivity index (χ3v) is 2.99. The molecule has 0 amide bonds. The van der Waals surface area contributed by atoms with E-state index in [1.54, 1.807) is 12.1 Å². The maximum Gasteiger partial charge on any atom is 0.337 e. The third-order valence-electron chi connectivity index (χ3n) is 2.99. The Hall–Kier alpha value is -1.51. The summed E-state index contributed by atoms with van der Waals surface area (Å²) >= 11 is 0. The molecule has 1 aromatic rings. The Kier molecular flexibility index (Phi) is 2.62. The number of aromatic carboxylic acids is 1. The van der Waals surface area contributed by atoms with Gasteiger partial charge in [0.25, 0.3) is 0 Å². The SMILES string of the molecule is CC1CC1CNc1ccccc1C(=O)O. The molecule has 1 fully saturated rings. The highest BCUT2D eigenvalue weighted by Crippen LogP contribution is 2.37. The molecule has 0 saturated heterocycles. The van der Waals surface area contributed by atoms with Crippen molar-refractivity contribution in [3.8, 4) is 0 Å². The molecule has 0 aliphatic heterocycles. The van der Waals surface area contributed by atoms with E-state index in [0.29, 0.717) is 11.5 Å². The molecular weight excluding hydrogens is 190 g/mol. The molecule has 0 radical (unpaired) electrons. The first-order valence-corrected chi connectivity index (χ1v) is 5.24. The first-order valence-electron chi connectivity index (χ1n) is 5.24. The van der Waals surface area contributed by atoms with Crippen LogP contribution in [0.4, 0.5) is 5.69 Å². The van der Waals surface area contributed by atoms with Crippen LogP contribution in [0.3, 0.4) is 0 Å². The van der Waals surface area contributed by atoms with Crippen molar-refractivity contribution in [3.63, 3.8) is 0 Å². The zero-order valence-electron chi connectivity index (χ0n) is 8.73. The van der Waals surface area contributed by atoms with Gasteiger partial charge in [-0.2, -0.15) is 0 Å². The van der Waals surface area contributed by atoms with Gasteiger partial charge in [0.15, 0.2) is 0 Å². The number of carboxylic acid groups (broad SMARTS) is 1. The number of benzene rings is 1. The number of para-hydroxylation sites is 1. The number of carboxylic acids is 1. The van der Waals surface area contributed by atoms with E-state index >= 15 is 0 Å². The summed E-state index contributed by atoms with van der Waals surface area (Å²) < 4.78 is 0. The van der Waals surface area contributed by atoms with E-state index in [1.165, 1.54) is 6.42 Å². The van der Waals surface area contributed by atoms with Gasteiger partial charge in [-0.3, -0.25) is 0 Å². The van der Waals surface area contributed by atoms with Crippen molar-refractivity contribution in [3.05, 3.63) is 29.8 Å². The maximum absolute atomic E-state index is 10.9.